The first-order valence-electron chi connectivity index (χ1n) is 8.74. The van der Waals surface area contributed by atoms with Crippen molar-refractivity contribution < 1.29 is 14.4 Å². The van der Waals surface area contributed by atoms with Crippen molar-refractivity contribution >= 4 is 17.5 Å². The van der Waals surface area contributed by atoms with Crippen molar-refractivity contribution in [2.24, 2.45) is 5.92 Å². The summed E-state index contributed by atoms with van der Waals surface area (Å²) in [5.74, 6) is -0.751. The van der Waals surface area contributed by atoms with Gasteiger partial charge in [-0.1, -0.05) is 51.9 Å². The van der Waals surface area contributed by atoms with Crippen LogP contribution in [-0.2, 0) is 14.4 Å². The number of carbonyl (C=O) groups is 3. The van der Waals surface area contributed by atoms with Crippen LogP contribution in [0.25, 0.3) is 0 Å². The van der Waals surface area contributed by atoms with Gasteiger partial charge >= 0.3 is 0 Å². The van der Waals surface area contributed by atoms with E-state index < -0.39 is 5.92 Å². The molecule has 0 fully saturated rings. The van der Waals surface area contributed by atoms with Crippen molar-refractivity contribution in [3.8, 4) is 0 Å². The Morgan fingerprint density at radius 1 is 0.773 bits per heavy atom. The second kappa shape index (κ2) is 13.5. The standard InChI is InChI=1S/C18H33NO3/c1-4-5-6-7-8-9-10-11-12-19-18(22)17(13-15(2)20)14-16(3)21/h17H,4-14H2,1-3H3,(H,19,22). The molecule has 0 spiro atoms. The van der Waals surface area contributed by atoms with Crippen LogP contribution >= 0.6 is 0 Å². The summed E-state index contributed by atoms with van der Waals surface area (Å²) in [6, 6.07) is 0. The molecular weight excluding hydrogens is 278 g/mol. The van der Waals surface area contributed by atoms with Crippen LogP contribution in [-0.4, -0.2) is 24.0 Å². The molecule has 22 heavy (non-hydrogen) atoms. The molecule has 0 aliphatic rings. The van der Waals surface area contributed by atoms with Gasteiger partial charge in [0.05, 0.1) is 5.92 Å². The van der Waals surface area contributed by atoms with Crippen molar-refractivity contribution in [1.82, 2.24) is 5.32 Å². The lowest BCUT2D eigenvalue weighted by Gasteiger charge is -2.14. The highest BCUT2D eigenvalue weighted by molar-refractivity contribution is 5.89. The fraction of sp³-hybridized carbons (Fsp3) is 0.833. The molecule has 0 atom stereocenters. The van der Waals surface area contributed by atoms with E-state index in [1.165, 1.54) is 52.4 Å². The van der Waals surface area contributed by atoms with E-state index in [4.69, 9.17) is 0 Å². The third-order valence-electron chi connectivity index (χ3n) is 3.77. The van der Waals surface area contributed by atoms with E-state index in [1.807, 2.05) is 0 Å². The zero-order chi connectivity index (χ0) is 16.8. The summed E-state index contributed by atoms with van der Waals surface area (Å²) >= 11 is 0. The van der Waals surface area contributed by atoms with Gasteiger partial charge in [-0.2, -0.15) is 0 Å². The lowest BCUT2D eigenvalue weighted by atomic mass is 9.96. The number of unbranched alkanes of at least 4 members (excludes halogenated alkanes) is 7. The second-order valence-corrected chi connectivity index (χ2v) is 6.28. The van der Waals surface area contributed by atoms with E-state index in [-0.39, 0.29) is 30.3 Å². The second-order valence-electron chi connectivity index (χ2n) is 6.28. The van der Waals surface area contributed by atoms with Crippen LogP contribution in [0.3, 0.4) is 0 Å². The number of carbonyl (C=O) groups excluding carboxylic acids is 3. The number of amides is 1. The number of ketones is 2. The van der Waals surface area contributed by atoms with Gasteiger partial charge in [0.1, 0.15) is 11.6 Å². The lowest BCUT2D eigenvalue weighted by Crippen LogP contribution is -2.33. The normalized spacial score (nSPS) is 10.7. The van der Waals surface area contributed by atoms with Gasteiger partial charge in [-0.05, 0) is 20.3 Å². The molecule has 0 aromatic carbocycles. The predicted molar refractivity (Wildman–Crippen MR) is 89.7 cm³/mol. The topological polar surface area (TPSA) is 63.2 Å². The first-order valence-corrected chi connectivity index (χ1v) is 8.74. The molecule has 1 N–H and O–H groups in total. The highest BCUT2D eigenvalue weighted by atomic mass is 16.2. The van der Waals surface area contributed by atoms with Gasteiger partial charge in [-0.3, -0.25) is 4.79 Å². The monoisotopic (exact) mass is 311 g/mol. The van der Waals surface area contributed by atoms with Crippen molar-refractivity contribution in [3.63, 3.8) is 0 Å². The molecule has 0 aliphatic heterocycles. The van der Waals surface area contributed by atoms with Gasteiger partial charge in [-0.15, -0.1) is 0 Å². The van der Waals surface area contributed by atoms with Crippen molar-refractivity contribution in [2.45, 2.75) is 85.0 Å². The van der Waals surface area contributed by atoms with Gasteiger partial charge in [0.15, 0.2) is 0 Å². The Morgan fingerprint density at radius 2 is 1.23 bits per heavy atom. The van der Waals surface area contributed by atoms with Gasteiger partial charge < -0.3 is 14.9 Å². The molecule has 0 saturated carbocycles. The Labute approximate surface area is 135 Å². The number of hydrogen-bond donors (Lipinski definition) is 1. The summed E-state index contributed by atoms with van der Waals surface area (Å²) in [5, 5.41) is 2.86. The highest BCUT2D eigenvalue weighted by Gasteiger charge is 2.21. The SMILES string of the molecule is CCCCCCCCCCNC(=O)C(CC(C)=O)CC(C)=O. The molecule has 4 nitrogen and oxygen atoms in total. The number of Topliss-reactive ketones (excluding diaryl/α,β-unsaturated/α-hetero) is 2. The van der Waals surface area contributed by atoms with Crippen LogP contribution in [0.5, 0.6) is 0 Å². The molecule has 4 heteroatoms. The first-order chi connectivity index (χ1) is 10.5. The minimum absolute atomic E-state index is 0.0477. The maximum atomic E-state index is 12.0. The highest BCUT2D eigenvalue weighted by Crippen LogP contribution is 2.11. The minimum atomic E-state index is -0.496. The summed E-state index contributed by atoms with van der Waals surface area (Å²) in [7, 11) is 0. The van der Waals surface area contributed by atoms with E-state index in [1.54, 1.807) is 0 Å². The van der Waals surface area contributed by atoms with Crippen LogP contribution in [0.2, 0.25) is 0 Å². The molecule has 0 aromatic rings. The average Bonchev–Trinajstić information content (AvgIpc) is 2.43. The van der Waals surface area contributed by atoms with E-state index in [2.05, 4.69) is 12.2 Å². The van der Waals surface area contributed by atoms with Crippen molar-refractivity contribution in [3.05, 3.63) is 0 Å². The Kier molecular flexibility index (Phi) is 12.7. The third kappa shape index (κ3) is 12.5. The molecule has 0 saturated heterocycles. The van der Waals surface area contributed by atoms with Crippen molar-refractivity contribution in [1.29, 1.82) is 0 Å². The quantitative estimate of drug-likeness (QED) is 0.496. The van der Waals surface area contributed by atoms with E-state index in [0.29, 0.717) is 6.54 Å². The van der Waals surface area contributed by atoms with Gasteiger partial charge in [0, 0.05) is 19.4 Å². The molecule has 0 rings (SSSR count). The summed E-state index contributed by atoms with van der Waals surface area (Å²) in [6.07, 6.45) is 10.1. The van der Waals surface area contributed by atoms with Gasteiger partial charge in [0.2, 0.25) is 5.91 Å². The van der Waals surface area contributed by atoms with Crippen LogP contribution in [0.15, 0.2) is 0 Å². The Hall–Kier alpha value is -1.19. The van der Waals surface area contributed by atoms with Crippen LogP contribution in [0.1, 0.15) is 85.0 Å². The molecule has 0 bridgehead atoms. The summed E-state index contributed by atoms with van der Waals surface area (Å²) in [4.78, 5) is 34.3. The molecular formula is C18H33NO3. The third-order valence-corrected chi connectivity index (χ3v) is 3.77. The molecule has 0 aliphatic carbocycles. The Bertz CT molecular complexity index is 323. The number of nitrogens with one attached hydrogen (secondary N) is 1. The van der Waals surface area contributed by atoms with E-state index >= 15 is 0 Å². The summed E-state index contributed by atoms with van der Waals surface area (Å²) < 4.78 is 0. The summed E-state index contributed by atoms with van der Waals surface area (Å²) in [6.45, 7) is 5.77. The van der Waals surface area contributed by atoms with Gasteiger partial charge in [-0.25, -0.2) is 0 Å². The maximum Gasteiger partial charge on any atom is 0.224 e. The smallest absolute Gasteiger partial charge is 0.224 e. The minimum Gasteiger partial charge on any atom is -0.356 e. The number of rotatable bonds is 14. The van der Waals surface area contributed by atoms with E-state index in [0.717, 1.165) is 12.8 Å². The van der Waals surface area contributed by atoms with Crippen LogP contribution in [0, 0.1) is 5.92 Å². The zero-order valence-corrected chi connectivity index (χ0v) is 14.6. The van der Waals surface area contributed by atoms with Crippen LogP contribution < -0.4 is 5.32 Å². The molecule has 128 valence electrons. The Balaban J connectivity index is 3.75. The zero-order valence-electron chi connectivity index (χ0n) is 14.6. The first kappa shape index (κ1) is 20.8. The molecule has 0 unspecified atom stereocenters. The molecule has 0 aromatic heterocycles. The van der Waals surface area contributed by atoms with Crippen molar-refractivity contribution in [2.75, 3.05) is 6.54 Å². The predicted octanol–water partition coefficient (Wildman–Crippen LogP) is 3.82. The van der Waals surface area contributed by atoms with E-state index in [9.17, 15) is 14.4 Å². The summed E-state index contributed by atoms with van der Waals surface area (Å²) in [5.41, 5.74) is 0. The van der Waals surface area contributed by atoms with Crippen LogP contribution in [0.4, 0.5) is 0 Å². The molecule has 1 amide bonds. The van der Waals surface area contributed by atoms with Gasteiger partial charge in [0.25, 0.3) is 0 Å². The maximum absolute atomic E-state index is 12.0. The molecule has 0 radical (unpaired) electrons. The lowest BCUT2D eigenvalue weighted by molar-refractivity contribution is -0.131. The average molecular weight is 311 g/mol. The fourth-order valence-electron chi connectivity index (χ4n) is 2.57. The number of hydrogen-bond acceptors (Lipinski definition) is 3. The molecule has 0 heterocycles. The largest absolute Gasteiger partial charge is 0.356 e. The Morgan fingerprint density at radius 3 is 1.68 bits per heavy atom. The fourth-order valence-corrected chi connectivity index (χ4v) is 2.57.